The molecule has 1 aliphatic rings. The van der Waals surface area contributed by atoms with Crippen molar-refractivity contribution in [2.24, 2.45) is 5.73 Å². The maximum absolute atomic E-state index is 13.2. The standard InChI is InChI=1S/C28H31N3O3/c1-5-28(29,6-2)19-12-14-20(15-13-19)30-26(18-10-8-7-9-11-18)25-21-16-23(33-3)24(34-4)17-22(21)31-27(25)32/h7-17,30H,5-6,29H2,1-4H3,(H,31,32)/b26-25-. The summed E-state index contributed by atoms with van der Waals surface area (Å²) in [5, 5.41) is 6.46. The third-order valence-corrected chi connectivity index (χ3v) is 6.57. The largest absolute Gasteiger partial charge is 0.493 e. The Kier molecular flexibility index (Phi) is 6.61. The number of methoxy groups -OCH3 is 2. The smallest absolute Gasteiger partial charge is 0.258 e. The summed E-state index contributed by atoms with van der Waals surface area (Å²) in [6.07, 6.45) is 1.72. The molecule has 176 valence electrons. The molecule has 1 aliphatic heterocycles. The molecule has 3 aromatic carbocycles. The highest BCUT2D eigenvalue weighted by molar-refractivity contribution is 6.37. The molecule has 1 heterocycles. The van der Waals surface area contributed by atoms with Crippen LogP contribution in [-0.2, 0) is 10.3 Å². The number of benzene rings is 3. The molecule has 4 N–H and O–H groups in total. The number of nitrogens with two attached hydrogens (primary N) is 1. The third-order valence-electron chi connectivity index (χ3n) is 6.57. The second kappa shape index (κ2) is 9.61. The van der Waals surface area contributed by atoms with E-state index in [1.807, 2.05) is 48.5 Å². The van der Waals surface area contributed by atoms with Crippen molar-refractivity contribution in [3.63, 3.8) is 0 Å². The molecule has 0 saturated carbocycles. The van der Waals surface area contributed by atoms with Gasteiger partial charge in [-0.15, -0.1) is 0 Å². The Bertz CT molecular complexity index is 1210. The van der Waals surface area contributed by atoms with E-state index in [0.717, 1.165) is 35.2 Å². The van der Waals surface area contributed by atoms with Gasteiger partial charge < -0.3 is 25.8 Å². The minimum Gasteiger partial charge on any atom is -0.493 e. The molecule has 6 heteroatoms. The van der Waals surface area contributed by atoms with Crippen molar-refractivity contribution in [1.29, 1.82) is 0 Å². The van der Waals surface area contributed by atoms with Crippen molar-refractivity contribution in [2.75, 3.05) is 24.9 Å². The van der Waals surface area contributed by atoms with Crippen molar-refractivity contribution < 1.29 is 14.3 Å². The van der Waals surface area contributed by atoms with Crippen LogP contribution in [0.2, 0.25) is 0 Å². The SMILES string of the molecule is CCC(N)(CC)c1ccc(N/C(=C2\C(=O)Nc3cc(OC)c(OC)cc32)c2ccccc2)cc1. The number of carbonyl (C=O) groups is 1. The Balaban J connectivity index is 1.83. The summed E-state index contributed by atoms with van der Waals surface area (Å²) in [7, 11) is 3.16. The summed E-state index contributed by atoms with van der Waals surface area (Å²) in [5.41, 5.74) is 11.8. The molecule has 6 nitrogen and oxygen atoms in total. The molecule has 0 aromatic heterocycles. The highest BCUT2D eigenvalue weighted by Crippen LogP contribution is 2.43. The first kappa shape index (κ1) is 23.4. The zero-order valence-electron chi connectivity index (χ0n) is 20.1. The third kappa shape index (κ3) is 4.24. The van der Waals surface area contributed by atoms with E-state index in [2.05, 4.69) is 36.6 Å². The summed E-state index contributed by atoms with van der Waals surface area (Å²) in [4.78, 5) is 13.2. The minimum absolute atomic E-state index is 0.189. The number of fused-ring (bicyclic) bond motifs is 1. The van der Waals surface area contributed by atoms with Gasteiger partial charge >= 0.3 is 0 Å². The van der Waals surface area contributed by atoms with Gasteiger partial charge in [-0.2, -0.15) is 0 Å². The van der Waals surface area contributed by atoms with Gasteiger partial charge in [0, 0.05) is 22.9 Å². The van der Waals surface area contributed by atoms with Crippen LogP contribution in [0.25, 0.3) is 11.3 Å². The summed E-state index contributed by atoms with van der Waals surface area (Å²) in [5.74, 6) is 0.932. The maximum atomic E-state index is 13.2. The Morgan fingerprint density at radius 1 is 0.941 bits per heavy atom. The molecule has 4 rings (SSSR count). The Hall–Kier alpha value is -3.77. The summed E-state index contributed by atoms with van der Waals surface area (Å²) < 4.78 is 10.9. The van der Waals surface area contributed by atoms with Gasteiger partial charge in [0.2, 0.25) is 0 Å². The number of rotatable bonds is 8. The van der Waals surface area contributed by atoms with Crippen molar-refractivity contribution in [2.45, 2.75) is 32.2 Å². The van der Waals surface area contributed by atoms with E-state index in [0.29, 0.717) is 28.5 Å². The number of carbonyl (C=O) groups excluding carboxylic acids is 1. The van der Waals surface area contributed by atoms with Crippen molar-refractivity contribution in [1.82, 2.24) is 0 Å². The molecule has 34 heavy (non-hydrogen) atoms. The monoisotopic (exact) mass is 457 g/mol. The first-order valence-electron chi connectivity index (χ1n) is 11.5. The number of nitrogens with one attached hydrogen (secondary N) is 2. The van der Waals surface area contributed by atoms with Gasteiger partial charge in [0.05, 0.1) is 31.2 Å². The lowest BCUT2D eigenvalue weighted by Crippen LogP contribution is -2.34. The van der Waals surface area contributed by atoms with E-state index in [1.54, 1.807) is 20.3 Å². The van der Waals surface area contributed by atoms with Crippen LogP contribution in [0.15, 0.2) is 66.7 Å². The Morgan fingerprint density at radius 3 is 2.15 bits per heavy atom. The number of hydrogen-bond donors (Lipinski definition) is 3. The molecule has 3 aromatic rings. The summed E-state index contributed by atoms with van der Waals surface area (Å²) in [6.45, 7) is 4.21. The summed E-state index contributed by atoms with van der Waals surface area (Å²) in [6, 6.07) is 21.6. The van der Waals surface area contributed by atoms with E-state index in [1.165, 1.54) is 0 Å². The Labute approximate surface area is 200 Å². The fourth-order valence-electron chi connectivity index (χ4n) is 4.32. The van der Waals surface area contributed by atoms with E-state index < -0.39 is 0 Å². The van der Waals surface area contributed by atoms with E-state index in [9.17, 15) is 4.79 Å². The van der Waals surface area contributed by atoms with Gasteiger partial charge in [0.25, 0.3) is 5.91 Å². The highest BCUT2D eigenvalue weighted by Gasteiger charge is 2.30. The van der Waals surface area contributed by atoms with Gasteiger partial charge in [0.1, 0.15) is 0 Å². The molecule has 1 amide bonds. The van der Waals surface area contributed by atoms with Crippen molar-refractivity contribution in [3.05, 3.63) is 83.4 Å². The summed E-state index contributed by atoms with van der Waals surface area (Å²) >= 11 is 0. The van der Waals surface area contributed by atoms with Crippen molar-refractivity contribution >= 4 is 28.6 Å². The molecule has 0 spiro atoms. The van der Waals surface area contributed by atoms with Crippen molar-refractivity contribution in [3.8, 4) is 11.5 Å². The molecule has 0 fully saturated rings. The van der Waals surface area contributed by atoms with Gasteiger partial charge in [-0.1, -0.05) is 56.3 Å². The molecular formula is C28H31N3O3. The molecule has 0 unspecified atom stereocenters. The lowest BCUT2D eigenvalue weighted by molar-refractivity contribution is -0.110. The van der Waals surface area contributed by atoms with Gasteiger partial charge in [-0.05, 0) is 42.2 Å². The van der Waals surface area contributed by atoms with Gasteiger partial charge in [-0.3, -0.25) is 4.79 Å². The van der Waals surface area contributed by atoms with E-state index in [-0.39, 0.29) is 11.4 Å². The fourth-order valence-corrected chi connectivity index (χ4v) is 4.32. The van der Waals surface area contributed by atoms with Gasteiger partial charge in [0.15, 0.2) is 11.5 Å². The van der Waals surface area contributed by atoms with E-state index in [4.69, 9.17) is 15.2 Å². The zero-order chi connectivity index (χ0) is 24.3. The topological polar surface area (TPSA) is 85.6 Å². The quantitative estimate of drug-likeness (QED) is 0.383. The number of ether oxygens (including phenoxy) is 2. The number of amides is 1. The average Bonchev–Trinajstić information content (AvgIpc) is 3.20. The number of hydrogen-bond acceptors (Lipinski definition) is 5. The predicted molar refractivity (Wildman–Crippen MR) is 138 cm³/mol. The first-order chi connectivity index (χ1) is 16.4. The predicted octanol–water partition coefficient (Wildman–Crippen LogP) is 5.61. The lowest BCUT2D eigenvalue weighted by atomic mass is 9.86. The van der Waals surface area contributed by atoms with Crippen LogP contribution in [0.4, 0.5) is 11.4 Å². The van der Waals surface area contributed by atoms with Crippen LogP contribution in [-0.4, -0.2) is 20.1 Å². The zero-order valence-corrected chi connectivity index (χ0v) is 20.1. The Morgan fingerprint density at radius 2 is 1.56 bits per heavy atom. The van der Waals surface area contributed by atoms with Crippen LogP contribution in [0.1, 0.15) is 43.4 Å². The highest BCUT2D eigenvalue weighted by atomic mass is 16.5. The fraction of sp³-hybridized carbons (Fsp3) is 0.250. The maximum Gasteiger partial charge on any atom is 0.258 e. The van der Waals surface area contributed by atoms with E-state index >= 15 is 0 Å². The van der Waals surface area contributed by atoms with Crippen LogP contribution in [0.3, 0.4) is 0 Å². The second-order valence-corrected chi connectivity index (χ2v) is 8.39. The normalized spacial score (nSPS) is 14.3. The van der Waals surface area contributed by atoms with Crippen LogP contribution >= 0.6 is 0 Å². The van der Waals surface area contributed by atoms with Gasteiger partial charge in [-0.25, -0.2) is 0 Å². The molecule has 0 aliphatic carbocycles. The second-order valence-electron chi connectivity index (χ2n) is 8.39. The molecular weight excluding hydrogens is 426 g/mol. The molecule has 0 radical (unpaired) electrons. The minimum atomic E-state index is -0.348. The van der Waals surface area contributed by atoms with Crippen LogP contribution in [0, 0.1) is 0 Å². The average molecular weight is 458 g/mol. The molecule has 0 saturated heterocycles. The molecule has 0 bridgehead atoms. The lowest BCUT2D eigenvalue weighted by Gasteiger charge is -2.27. The van der Waals surface area contributed by atoms with Crippen LogP contribution in [0.5, 0.6) is 11.5 Å². The van der Waals surface area contributed by atoms with Crippen LogP contribution < -0.4 is 25.8 Å². The molecule has 0 atom stereocenters. The number of anilines is 2. The first-order valence-corrected chi connectivity index (χ1v) is 11.5.